The normalized spacial score (nSPS) is 12.6. The van der Waals surface area contributed by atoms with Gasteiger partial charge in [-0.1, -0.05) is 0 Å². The van der Waals surface area contributed by atoms with Crippen LogP contribution in [-0.2, 0) is 9.59 Å². The third kappa shape index (κ3) is 4.23. The van der Waals surface area contributed by atoms with Gasteiger partial charge in [0, 0.05) is 33.5 Å². The molecule has 0 aromatic rings. The zero-order valence-electron chi connectivity index (χ0n) is 9.15. The molecule has 0 aromatic carbocycles. The summed E-state index contributed by atoms with van der Waals surface area (Å²) in [4.78, 5) is 21.6. The molecule has 0 fully saturated rings. The summed E-state index contributed by atoms with van der Waals surface area (Å²) in [6.07, 6.45) is 0.548. The quantitative estimate of drug-likeness (QED) is 0.662. The summed E-state index contributed by atoms with van der Waals surface area (Å²) in [7, 11) is 3.53. The molecule has 14 heavy (non-hydrogen) atoms. The minimum atomic E-state index is -0.834. The molecule has 5 heteroatoms. The summed E-state index contributed by atoms with van der Waals surface area (Å²) in [5, 5.41) is 11.7. The van der Waals surface area contributed by atoms with E-state index in [1.54, 1.807) is 24.1 Å². The predicted molar refractivity (Wildman–Crippen MR) is 52.5 cm³/mol. The van der Waals surface area contributed by atoms with Crippen LogP contribution in [0.4, 0.5) is 0 Å². The number of hydrazine groups is 1. The molecule has 5 nitrogen and oxygen atoms in total. The van der Waals surface area contributed by atoms with Crippen LogP contribution in [0.1, 0.15) is 26.7 Å². The molecule has 0 saturated carbocycles. The van der Waals surface area contributed by atoms with Crippen LogP contribution in [0.2, 0.25) is 0 Å². The third-order valence-corrected chi connectivity index (χ3v) is 1.95. The molecule has 0 aliphatic carbocycles. The van der Waals surface area contributed by atoms with E-state index in [2.05, 4.69) is 0 Å². The van der Waals surface area contributed by atoms with E-state index < -0.39 is 5.97 Å². The van der Waals surface area contributed by atoms with E-state index in [1.165, 1.54) is 6.92 Å². The Morgan fingerprint density at radius 2 is 1.86 bits per heavy atom. The highest BCUT2D eigenvalue weighted by atomic mass is 16.4. The summed E-state index contributed by atoms with van der Waals surface area (Å²) in [5.74, 6) is -0.910. The van der Waals surface area contributed by atoms with Gasteiger partial charge in [-0.3, -0.25) is 14.6 Å². The number of carbonyl (C=O) groups excluding carboxylic acids is 1. The summed E-state index contributed by atoms with van der Waals surface area (Å²) in [6.45, 7) is 3.31. The summed E-state index contributed by atoms with van der Waals surface area (Å²) in [6, 6.07) is -0.0846. The maximum atomic E-state index is 11.2. The number of carbonyl (C=O) groups is 2. The highest BCUT2D eigenvalue weighted by Gasteiger charge is 2.19. The second-order valence-electron chi connectivity index (χ2n) is 3.49. The van der Waals surface area contributed by atoms with Gasteiger partial charge < -0.3 is 5.11 Å². The number of carboxylic acid groups (broad SMARTS) is 1. The summed E-state index contributed by atoms with van der Waals surface area (Å²) >= 11 is 0. The molecule has 0 aliphatic rings. The van der Waals surface area contributed by atoms with Gasteiger partial charge in [0.15, 0.2) is 0 Å². The van der Waals surface area contributed by atoms with Crippen LogP contribution >= 0.6 is 0 Å². The van der Waals surface area contributed by atoms with Crippen molar-refractivity contribution in [3.05, 3.63) is 0 Å². The topological polar surface area (TPSA) is 60.9 Å². The molecular formula is C9H18N2O3. The lowest BCUT2D eigenvalue weighted by molar-refractivity contribution is -0.148. The van der Waals surface area contributed by atoms with Gasteiger partial charge in [0.2, 0.25) is 5.91 Å². The zero-order valence-corrected chi connectivity index (χ0v) is 9.15. The van der Waals surface area contributed by atoms with Crippen molar-refractivity contribution in [3.63, 3.8) is 0 Å². The number of carboxylic acids is 1. The first-order valence-electron chi connectivity index (χ1n) is 4.55. The van der Waals surface area contributed by atoms with Gasteiger partial charge in [0.05, 0.1) is 0 Å². The minimum absolute atomic E-state index is 0.0760. The SMILES string of the molecule is CC(=O)N(C(C)CCC(=O)O)N(C)C. The van der Waals surface area contributed by atoms with Crippen LogP contribution in [-0.4, -0.2) is 47.1 Å². The van der Waals surface area contributed by atoms with Crippen molar-refractivity contribution < 1.29 is 14.7 Å². The first-order valence-corrected chi connectivity index (χ1v) is 4.55. The standard InChI is InChI=1S/C9H18N2O3/c1-7(5-6-9(13)14)11(8(2)12)10(3)4/h7H,5-6H2,1-4H3,(H,13,14). The average molecular weight is 202 g/mol. The molecule has 0 heterocycles. The highest BCUT2D eigenvalue weighted by Crippen LogP contribution is 2.08. The van der Waals surface area contributed by atoms with Crippen molar-refractivity contribution in [3.8, 4) is 0 Å². The molecule has 82 valence electrons. The van der Waals surface area contributed by atoms with E-state index in [-0.39, 0.29) is 18.4 Å². The molecule has 0 spiro atoms. The maximum absolute atomic E-state index is 11.2. The minimum Gasteiger partial charge on any atom is -0.481 e. The van der Waals surface area contributed by atoms with E-state index in [1.807, 2.05) is 6.92 Å². The Balaban J connectivity index is 4.22. The van der Waals surface area contributed by atoms with Crippen molar-refractivity contribution in [2.75, 3.05) is 14.1 Å². The molecule has 0 aliphatic heterocycles. The van der Waals surface area contributed by atoms with Crippen molar-refractivity contribution in [2.45, 2.75) is 32.7 Å². The van der Waals surface area contributed by atoms with E-state index in [4.69, 9.17) is 5.11 Å². The summed E-state index contributed by atoms with van der Waals surface area (Å²) in [5.41, 5.74) is 0. The molecule has 0 bridgehead atoms. The number of nitrogens with zero attached hydrogens (tertiary/aromatic N) is 2. The lowest BCUT2D eigenvalue weighted by Gasteiger charge is -2.33. The van der Waals surface area contributed by atoms with Crippen molar-refractivity contribution >= 4 is 11.9 Å². The number of hydrogen-bond acceptors (Lipinski definition) is 3. The van der Waals surface area contributed by atoms with Crippen LogP contribution in [0.15, 0.2) is 0 Å². The van der Waals surface area contributed by atoms with Crippen LogP contribution < -0.4 is 0 Å². The third-order valence-electron chi connectivity index (χ3n) is 1.95. The number of hydrogen-bond donors (Lipinski definition) is 1. The summed E-state index contributed by atoms with van der Waals surface area (Å²) < 4.78 is 0. The predicted octanol–water partition coefficient (Wildman–Crippen LogP) is 0.565. The van der Waals surface area contributed by atoms with Crippen LogP contribution in [0.5, 0.6) is 0 Å². The van der Waals surface area contributed by atoms with Crippen molar-refractivity contribution in [1.82, 2.24) is 10.0 Å². The fourth-order valence-electron chi connectivity index (χ4n) is 1.44. The smallest absolute Gasteiger partial charge is 0.303 e. The maximum Gasteiger partial charge on any atom is 0.303 e. The van der Waals surface area contributed by atoms with E-state index in [0.29, 0.717) is 6.42 Å². The fourth-order valence-corrected chi connectivity index (χ4v) is 1.44. The van der Waals surface area contributed by atoms with Gasteiger partial charge in [-0.25, -0.2) is 5.01 Å². The van der Waals surface area contributed by atoms with Crippen molar-refractivity contribution in [1.29, 1.82) is 0 Å². The fraction of sp³-hybridized carbons (Fsp3) is 0.778. The first-order chi connectivity index (χ1) is 6.36. The van der Waals surface area contributed by atoms with Crippen LogP contribution in [0.3, 0.4) is 0 Å². The van der Waals surface area contributed by atoms with Gasteiger partial charge in [0.25, 0.3) is 0 Å². The van der Waals surface area contributed by atoms with E-state index >= 15 is 0 Å². The molecule has 0 radical (unpaired) electrons. The average Bonchev–Trinajstić information content (AvgIpc) is 1.99. The van der Waals surface area contributed by atoms with Gasteiger partial charge in [-0.2, -0.15) is 0 Å². The number of aliphatic carboxylic acids is 1. The molecule has 0 rings (SSSR count). The highest BCUT2D eigenvalue weighted by molar-refractivity contribution is 5.73. The molecule has 1 N–H and O–H groups in total. The Hall–Kier alpha value is -1.10. The van der Waals surface area contributed by atoms with Crippen LogP contribution in [0, 0.1) is 0 Å². The van der Waals surface area contributed by atoms with E-state index in [9.17, 15) is 9.59 Å². The Bertz CT molecular complexity index is 216. The first kappa shape index (κ1) is 12.9. The van der Waals surface area contributed by atoms with E-state index in [0.717, 1.165) is 0 Å². The molecule has 0 aromatic heterocycles. The second-order valence-corrected chi connectivity index (χ2v) is 3.49. The van der Waals surface area contributed by atoms with Gasteiger partial charge in [0.1, 0.15) is 0 Å². The second kappa shape index (κ2) is 5.59. The molecule has 1 amide bonds. The van der Waals surface area contributed by atoms with Gasteiger partial charge in [-0.05, 0) is 13.3 Å². The lowest BCUT2D eigenvalue weighted by Crippen LogP contribution is -2.46. The van der Waals surface area contributed by atoms with Crippen LogP contribution in [0.25, 0.3) is 0 Å². The van der Waals surface area contributed by atoms with Crippen molar-refractivity contribution in [2.24, 2.45) is 0 Å². The Morgan fingerprint density at radius 1 is 1.36 bits per heavy atom. The number of amides is 1. The molecule has 1 atom stereocenters. The molecule has 0 saturated heterocycles. The monoisotopic (exact) mass is 202 g/mol. The molecule has 1 unspecified atom stereocenters. The Labute approximate surface area is 84.3 Å². The number of rotatable bonds is 5. The zero-order chi connectivity index (χ0) is 11.3. The Morgan fingerprint density at radius 3 is 2.14 bits per heavy atom. The lowest BCUT2D eigenvalue weighted by atomic mass is 10.2. The van der Waals surface area contributed by atoms with Gasteiger partial charge >= 0.3 is 5.97 Å². The Kier molecular flexibility index (Phi) is 5.15. The van der Waals surface area contributed by atoms with Gasteiger partial charge in [-0.15, -0.1) is 0 Å². The molecular weight excluding hydrogens is 184 g/mol. The largest absolute Gasteiger partial charge is 0.481 e.